The number of anilines is 1. The van der Waals surface area contributed by atoms with Crippen molar-refractivity contribution < 1.29 is 4.79 Å². The van der Waals surface area contributed by atoms with Crippen molar-refractivity contribution in [2.75, 3.05) is 11.9 Å². The molecule has 198 valence electrons. The predicted octanol–water partition coefficient (Wildman–Crippen LogP) is 7.60. The van der Waals surface area contributed by atoms with Crippen LogP contribution in [-0.4, -0.2) is 27.0 Å². The Balaban J connectivity index is 1.81. The number of rotatable bonds is 9. The molecule has 2 amide bonds. The van der Waals surface area contributed by atoms with Crippen LogP contribution in [0.15, 0.2) is 77.6 Å². The second kappa shape index (κ2) is 12.1. The molecule has 0 aliphatic rings. The van der Waals surface area contributed by atoms with Gasteiger partial charge in [-0.2, -0.15) is 0 Å². The van der Waals surface area contributed by atoms with Crippen LogP contribution in [0.5, 0.6) is 0 Å². The van der Waals surface area contributed by atoms with Gasteiger partial charge in [-0.1, -0.05) is 76.1 Å². The molecule has 6 nitrogen and oxygen atoms in total. The number of hydrogen-bond acceptors (Lipinski definition) is 3. The number of aryl methyl sites for hydroxylation is 1. The highest BCUT2D eigenvalue weighted by Gasteiger charge is 2.29. The van der Waals surface area contributed by atoms with Crippen LogP contribution >= 0.6 is 0 Å². The first-order valence-corrected chi connectivity index (χ1v) is 13.6. The van der Waals surface area contributed by atoms with Crippen molar-refractivity contribution in [1.29, 1.82) is 0 Å². The highest BCUT2D eigenvalue weighted by molar-refractivity contribution is 5.89. The van der Waals surface area contributed by atoms with Gasteiger partial charge in [0.1, 0.15) is 5.82 Å². The SMILES string of the molecule is CCCCN(C(=O)Nc1ccc(C(C)C)cc1)C(CC)c1nc2ccccc2c(=O)n1-c1ccc(C)cc1. The lowest BCUT2D eigenvalue weighted by Gasteiger charge is -2.32. The van der Waals surface area contributed by atoms with E-state index in [9.17, 15) is 9.59 Å². The molecule has 1 N–H and O–H groups in total. The fourth-order valence-electron chi connectivity index (χ4n) is 4.73. The van der Waals surface area contributed by atoms with Gasteiger partial charge >= 0.3 is 6.03 Å². The average Bonchev–Trinajstić information content (AvgIpc) is 2.92. The number of carbonyl (C=O) groups excluding carboxylic acids is 1. The number of benzene rings is 3. The van der Waals surface area contributed by atoms with Crippen LogP contribution in [0.1, 0.15) is 75.9 Å². The van der Waals surface area contributed by atoms with Crippen molar-refractivity contribution in [3.8, 4) is 5.69 Å². The lowest BCUT2D eigenvalue weighted by atomic mass is 10.0. The van der Waals surface area contributed by atoms with Crippen LogP contribution in [0.25, 0.3) is 16.6 Å². The lowest BCUT2D eigenvalue weighted by Crippen LogP contribution is -2.41. The molecule has 1 atom stereocenters. The Labute approximate surface area is 225 Å². The van der Waals surface area contributed by atoms with E-state index >= 15 is 0 Å². The third kappa shape index (κ3) is 5.80. The van der Waals surface area contributed by atoms with Crippen LogP contribution in [0.3, 0.4) is 0 Å². The zero-order valence-corrected chi connectivity index (χ0v) is 23.1. The first-order chi connectivity index (χ1) is 18.3. The van der Waals surface area contributed by atoms with Crippen molar-refractivity contribution in [3.63, 3.8) is 0 Å². The van der Waals surface area contributed by atoms with E-state index in [2.05, 4.69) is 26.1 Å². The molecular weight excluding hydrogens is 472 g/mol. The van der Waals surface area contributed by atoms with Gasteiger partial charge in [-0.25, -0.2) is 9.78 Å². The number of para-hydroxylation sites is 1. The minimum Gasteiger partial charge on any atom is -0.314 e. The van der Waals surface area contributed by atoms with Gasteiger partial charge in [0, 0.05) is 12.2 Å². The molecule has 0 spiro atoms. The molecule has 0 saturated heterocycles. The standard InChI is InChI=1S/C32H38N4O2/c1-6-8-21-35(32(38)33-25-17-15-24(16-18-25)22(3)4)29(7-2)30-34-28-12-10-9-11-27(28)31(37)36(30)26-19-13-23(5)14-20-26/h9-20,22,29H,6-8,21H2,1-5H3,(H,33,38). The molecule has 4 rings (SSSR count). The van der Waals surface area contributed by atoms with Crippen molar-refractivity contribution in [1.82, 2.24) is 14.5 Å². The number of unbranched alkanes of at least 4 members (excludes halogenated alkanes) is 1. The number of fused-ring (bicyclic) bond motifs is 1. The van der Waals surface area contributed by atoms with E-state index in [4.69, 9.17) is 4.98 Å². The summed E-state index contributed by atoms with van der Waals surface area (Å²) in [5.74, 6) is 0.990. The number of amides is 2. The van der Waals surface area contributed by atoms with Crippen LogP contribution in [-0.2, 0) is 0 Å². The van der Waals surface area contributed by atoms with Gasteiger partial charge in [-0.15, -0.1) is 0 Å². The number of hydrogen-bond donors (Lipinski definition) is 1. The molecule has 0 radical (unpaired) electrons. The van der Waals surface area contributed by atoms with E-state index in [1.165, 1.54) is 5.56 Å². The van der Waals surface area contributed by atoms with Gasteiger partial charge in [-0.3, -0.25) is 9.36 Å². The predicted molar refractivity (Wildman–Crippen MR) is 156 cm³/mol. The third-order valence-corrected chi connectivity index (χ3v) is 7.00. The minimum absolute atomic E-state index is 0.131. The number of carbonyl (C=O) groups is 1. The van der Waals surface area contributed by atoms with E-state index in [1.54, 1.807) is 4.57 Å². The average molecular weight is 511 g/mol. The van der Waals surface area contributed by atoms with E-state index < -0.39 is 6.04 Å². The summed E-state index contributed by atoms with van der Waals surface area (Å²) in [5.41, 5.74) is 4.32. The normalized spacial score (nSPS) is 12.1. The number of aromatic nitrogens is 2. The van der Waals surface area contributed by atoms with E-state index in [0.717, 1.165) is 29.8 Å². The third-order valence-electron chi connectivity index (χ3n) is 7.00. The Hall–Kier alpha value is -3.93. The molecule has 6 heteroatoms. The highest BCUT2D eigenvalue weighted by Crippen LogP contribution is 2.28. The summed E-state index contributed by atoms with van der Waals surface area (Å²) in [6.45, 7) is 11.0. The van der Waals surface area contributed by atoms with Crippen LogP contribution < -0.4 is 10.9 Å². The molecule has 3 aromatic carbocycles. The molecule has 4 aromatic rings. The Morgan fingerprint density at radius 3 is 2.29 bits per heavy atom. The Morgan fingerprint density at radius 1 is 0.974 bits per heavy atom. The van der Waals surface area contributed by atoms with Crippen LogP contribution in [0.4, 0.5) is 10.5 Å². The second-order valence-corrected chi connectivity index (χ2v) is 10.1. The quantitative estimate of drug-likeness (QED) is 0.252. The second-order valence-electron chi connectivity index (χ2n) is 10.1. The topological polar surface area (TPSA) is 67.2 Å². The molecule has 38 heavy (non-hydrogen) atoms. The van der Waals surface area contributed by atoms with E-state index in [1.807, 2.05) is 91.5 Å². The summed E-state index contributed by atoms with van der Waals surface area (Å²) in [7, 11) is 0. The summed E-state index contributed by atoms with van der Waals surface area (Å²) in [4.78, 5) is 34.4. The molecule has 1 unspecified atom stereocenters. The number of nitrogens with one attached hydrogen (secondary N) is 1. The fraction of sp³-hybridized carbons (Fsp3) is 0.344. The van der Waals surface area contributed by atoms with Gasteiger partial charge in [0.25, 0.3) is 5.56 Å². The number of nitrogens with zero attached hydrogens (tertiary/aromatic N) is 3. The Bertz CT molecular complexity index is 1440. The first-order valence-electron chi connectivity index (χ1n) is 13.6. The lowest BCUT2D eigenvalue weighted by molar-refractivity contribution is 0.180. The first kappa shape index (κ1) is 27.1. The summed E-state index contributed by atoms with van der Waals surface area (Å²) in [6, 6.07) is 22.7. The minimum atomic E-state index is -0.393. The molecule has 1 aromatic heterocycles. The zero-order chi connectivity index (χ0) is 27.2. The maximum atomic E-state index is 13.8. The Morgan fingerprint density at radius 2 is 1.66 bits per heavy atom. The van der Waals surface area contributed by atoms with Gasteiger partial charge in [0.15, 0.2) is 0 Å². The monoisotopic (exact) mass is 510 g/mol. The summed E-state index contributed by atoms with van der Waals surface area (Å²) >= 11 is 0. The summed E-state index contributed by atoms with van der Waals surface area (Å²) in [5, 5.41) is 3.65. The zero-order valence-electron chi connectivity index (χ0n) is 23.1. The molecule has 0 fully saturated rings. The van der Waals surface area contributed by atoms with E-state index in [-0.39, 0.29) is 11.6 Å². The molecule has 0 saturated carbocycles. The highest BCUT2D eigenvalue weighted by atomic mass is 16.2. The molecule has 1 heterocycles. The van der Waals surface area contributed by atoms with Crippen LogP contribution in [0, 0.1) is 6.92 Å². The molecule has 0 bridgehead atoms. The van der Waals surface area contributed by atoms with Crippen molar-refractivity contribution >= 4 is 22.6 Å². The van der Waals surface area contributed by atoms with Gasteiger partial charge < -0.3 is 10.2 Å². The van der Waals surface area contributed by atoms with E-state index in [0.29, 0.717) is 35.6 Å². The largest absolute Gasteiger partial charge is 0.322 e. The van der Waals surface area contributed by atoms with Gasteiger partial charge in [-0.05, 0) is 67.6 Å². The molecular formula is C32H38N4O2. The van der Waals surface area contributed by atoms with Crippen molar-refractivity contribution in [2.45, 2.75) is 65.8 Å². The summed E-state index contributed by atoms with van der Waals surface area (Å²) < 4.78 is 1.68. The summed E-state index contributed by atoms with van der Waals surface area (Å²) in [6.07, 6.45) is 2.40. The number of urea groups is 1. The van der Waals surface area contributed by atoms with Crippen molar-refractivity contribution in [2.24, 2.45) is 0 Å². The molecule has 0 aliphatic heterocycles. The Kier molecular flexibility index (Phi) is 8.62. The maximum Gasteiger partial charge on any atom is 0.322 e. The van der Waals surface area contributed by atoms with Gasteiger partial charge in [0.2, 0.25) is 0 Å². The van der Waals surface area contributed by atoms with Crippen molar-refractivity contribution in [3.05, 3.63) is 100 Å². The molecule has 0 aliphatic carbocycles. The van der Waals surface area contributed by atoms with Gasteiger partial charge in [0.05, 0.1) is 22.6 Å². The fourth-order valence-corrected chi connectivity index (χ4v) is 4.73. The van der Waals surface area contributed by atoms with Crippen LogP contribution in [0.2, 0.25) is 0 Å². The maximum absolute atomic E-state index is 13.8. The smallest absolute Gasteiger partial charge is 0.314 e.